The van der Waals surface area contributed by atoms with Crippen LogP contribution in [0.4, 0.5) is 13.2 Å². The number of benzene rings is 1. The molecule has 94 valence electrons. The van der Waals surface area contributed by atoms with Gasteiger partial charge in [0.2, 0.25) is 0 Å². The van der Waals surface area contributed by atoms with Crippen molar-refractivity contribution in [2.24, 2.45) is 0 Å². The fourth-order valence-corrected chi connectivity index (χ4v) is 2.59. The SMILES string of the molecule is Fc1cc(Br)c(F)c(CC2CCCCN2)c1F. The van der Waals surface area contributed by atoms with Crippen molar-refractivity contribution in [3.05, 3.63) is 33.6 Å². The van der Waals surface area contributed by atoms with E-state index in [2.05, 4.69) is 21.2 Å². The van der Waals surface area contributed by atoms with E-state index in [4.69, 9.17) is 0 Å². The highest BCUT2D eigenvalue weighted by Crippen LogP contribution is 2.26. The van der Waals surface area contributed by atoms with Crippen molar-refractivity contribution in [1.29, 1.82) is 0 Å². The fraction of sp³-hybridized carbons (Fsp3) is 0.500. The van der Waals surface area contributed by atoms with Crippen LogP contribution < -0.4 is 5.32 Å². The maximum atomic E-state index is 13.7. The minimum absolute atomic E-state index is 0.0257. The third kappa shape index (κ3) is 2.83. The Hall–Kier alpha value is -0.550. The zero-order valence-corrected chi connectivity index (χ0v) is 10.8. The van der Waals surface area contributed by atoms with E-state index in [-0.39, 0.29) is 22.5 Å². The molecule has 0 bridgehead atoms. The fourth-order valence-electron chi connectivity index (χ4n) is 2.15. The molecule has 1 nitrogen and oxygen atoms in total. The summed E-state index contributed by atoms with van der Waals surface area (Å²) in [6, 6.07) is 0.851. The third-order valence-electron chi connectivity index (χ3n) is 3.07. The molecule has 0 aromatic heterocycles. The first-order chi connectivity index (χ1) is 8.09. The third-order valence-corrected chi connectivity index (χ3v) is 3.64. The van der Waals surface area contributed by atoms with Crippen LogP contribution in [-0.4, -0.2) is 12.6 Å². The van der Waals surface area contributed by atoms with Gasteiger partial charge in [-0.15, -0.1) is 0 Å². The zero-order chi connectivity index (χ0) is 12.4. The van der Waals surface area contributed by atoms with Gasteiger partial charge in [-0.05, 0) is 47.8 Å². The van der Waals surface area contributed by atoms with Crippen LogP contribution in [0.15, 0.2) is 10.5 Å². The molecule has 17 heavy (non-hydrogen) atoms. The average Bonchev–Trinajstić information content (AvgIpc) is 2.33. The quantitative estimate of drug-likeness (QED) is 0.824. The molecule has 1 aromatic carbocycles. The Balaban J connectivity index is 2.24. The molecule has 1 aromatic rings. The summed E-state index contributed by atoms with van der Waals surface area (Å²) in [5, 5.41) is 3.19. The van der Waals surface area contributed by atoms with Crippen molar-refractivity contribution in [2.45, 2.75) is 31.7 Å². The molecule has 1 aliphatic heterocycles. The van der Waals surface area contributed by atoms with E-state index in [0.717, 1.165) is 31.9 Å². The standard InChI is InChI=1S/C12H13BrF3N/c13-9-6-10(14)12(16)8(11(9)15)5-7-3-1-2-4-17-7/h6-7,17H,1-5H2. The van der Waals surface area contributed by atoms with E-state index in [1.54, 1.807) is 0 Å². The minimum Gasteiger partial charge on any atom is -0.314 e. The van der Waals surface area contributed by atoms with Crippen LogP contribution in [-0.2, 0) is 6.42 Å². The number of nitrogens with one attached hydrogen (secondary N) is 1. The van der Waals surface area contributed by atoms with E-state index >= 15 is 0 Å². The van der Waals surface area contributed by atoms with E-state index in [1.165, 1.54) is 0 Å². The molecule has 1 atom stereocenters. The maximum Gasteiger partial charge on any atom is 0.165 e. The lowest BCUT2D eigenvalue weighted by atomic mass is 9.97. The molecular formula is C12H13BrF3N. The monoisotopic (exact) mass is 307 g/mol. The van der Waals surface area contributed by atoms with Crippen molar-refractivity contribution >= 4 is 15.9 Å². The summed E-state index contributed by atoms with van der Waals surface area (Å²) in [6.45, 7) is 0.852. The summed E-state index contributed by atoms with van der Waals surface area (Å²) in [5.74, 6) is -2.78. The maximum absolute atomic E-state index is 13.7. The van der Waals surface area contributed by atoms with Gasteiger partial charge in [-0.2, -0.15) is 0 Å². The Morgan fingerprint density at radius 1 is 1.24 bits per heavy atom. The second-order valence-electron chi connectivity index (χ2n) is 4.30. The van der Waals surface area contributed by atoms with E-state index in [0.29, 0.717) is 0 Å². The van der Waals surface area contributed by atoms with E-state index in [1.807, 2.05) is 0 Å². The molecule has 0 saturated carbocycles. The van der Waals surface area contributed by atoms with Gasteiger partial charge < -0.3 is 5.32 Å². The molecule has 1 aliphatic rings. The minimum atomic E-state index is -1.07. The number of rotatable bonds is 2. The summed E-state index contributed by atoms with van der Waals surface area (Å²) in [4.78, 5) is 0. The smallest absolute Gasteiger partial charge is 0.165 e. The van der Waals surface area contributed by atoms with Crippen molar-refractivity contribution in [2.75, 3.05) is 6.54 Å². The molecule has 0 aliphatic carbocycles. The van der Waals surface area contributed by atoms with Crippen molar-refractivity contribution in [3.8, 4) is 0 Å². The van der Waals surface area contributed by atoms with Crippen LogP contribution in [0.5, 0.6) is 0 Å². The Kier molecular flexibility index (Phi) is 4.09. The lowest BCUT2D eigenvalue weighted by molar-refractivity contribution is 0.384. The van der Waals surface area contributed by atoms with E-state index < -0.39 is 17.5 Å². The Morgan fingerprint density at radius 3 is 2.65 bits per heavy atom. The van der Waals surface area contributed by atoms with Crippen molar-refractivity contribution in [1.82, 2.24) is 5.32 Å². The largest absolute Gasteiger partial charge is 0.314 e. The molecule has 0 amide bonds. The van der Waals surface area contributed by atoms with E-state index in [9.17, 15) is 13.2 Å². The number of hydrogen-bond donors (Lipinski definition) is 1. The second-order valence-corrected chi connectivity index (χ2v) is 5.15. The Morgan fingerprint density at radius 2 is 2.00 bits per heavy atom. The van der Waals surface area contributed by atoms with Gasteiger partial charge in [0.25, 0.3) is 0 Å². The topological polar surface area (TPSA) is 12.0 Å². The summed E-state index contributed by atoms with van der Waals surface area (Å²) in [5.41, 5.74) is -0.170. The highest BCUT2D eigenvalue weighted by Gasteiger charge is 2.22. The predicted octanol–water partition coefficient (Wildman–Crippen LogP) is 3.55. The number of halogens is 4. The molecule has 2 rings (SSSR count). The first-order valence-corrected chi connectivity index (χ1v) is 6.44. The lowest BCUT2D eigenvalue weighted by Gasteiger charge is -2.24. The highest BCUT2D eigenvalue weighted by molar-refractivity contribution is 9.10. The van der Waals surface area contributed by atoms with Gasteiger partial charge in [-0.1, -0.05) is 6.42 Å². The summed E-state index contributed by atoms with van der Waals surface area (Å²) < 4.78 is 40.4. The summed E-state index contributed by atoms with van der Waals surface area (Å²) in [6.07, 6.45) is 3.17. The van der Waals surface area contributed by atoms with Gasteiger partial charge in [0.05, 0.1) is 4.47 Å². The van der Waals surface area contributed by atoms with Gasteiger partial charge in [0.15, 0.2) is 11.6 Å². The van der Waals surface area contributed by atoms with Gasteiger partial charge >= 0.3 is 0 Å². The van der Waals surface area contributed by atoms with Crippen LogP contribution >= 0.6 is 15.9 Å². The number of piperidine rings is 1. The lowest BCUT2D eigenvalue weighted by Crippen LogP contribution is -2.36. The van der Waals surface area contributed by atoms with Gasteiger partial charge in [0, 0.05) is 11.6 Å². The highest BCUT2D eigenvalue weighted by atomic mass is 79.9. The molecule has 1 N–H and O–H groups in total. The van der Waals surface area contributed by atoms with Crippen LogP contribution in [0.3, 0.4) is 0 Å². The second kappa shape index (κ2) is 5.40. The molecule has 1 unspecified atom stereocenters. The predicted molar refractivity (Wildman–Crippen MR) is 63.4 cm³/mol. The van der Waals surface area contributed by atoms with Gasteiger partial charge in [0.1, 0.15) is 5.82 Å². The Labute approximate surface area is 107 Å². The Bertz CT molecular complexity index is 390. The molecule has 1 heterocycles. The molecular weight excluding hydrogens is 295 g/mol. The molecule has 5 heteroatoms. The molecule has 1 fully saturated rings. The normalized spacial score (nSPS) is 20.6. The molecule has 0 spiro atoms. The van der Waals surface area contributed by atoms with Crippen LogP contribution in [0, 0.1) is 17.5 Å². The summed E-state index contributed by atoms with van der Waals surface area (Å²) in [7, 11) is 0. The zero-order valence-electron chi connectivity index (χ0n) is 9.20. The van der Waals surface area contributed by atoms with Gasteiger partial charge in [-0.25, -0.2) is 13.2 Å². The first-order valence-electron chi connectivity index (χ1n) is 5.65. The van der Waals surface area contributed by atoms with Crippen LogP contribution in [0.25, 0.3) is 0 Å². The van der Waals surface area contributed by atoms with Crippen molar-refractivity contribution in [3.63, 3.8) is 0 Å². The van der Waals surface area contributed by atoms with Crippen LogP contribution in [0.2, 0.25) is 0 Å². The molecule has 1 saturated heterocycles. The van der Waals surface area contributed by atoms with Gasteiger partial charge in [-0.3, -0.25) is 0 Å². The average molecular weight is 308 g/mol. The van der Waals surface area contributed by atoms with Crippen LogP contribution in [0.1, 0.15) is 24.8 Å². The van der Waals surface area contributed by atoms with Crippen molar-refractivity contribution < 1.29 is 13.2 Å². The first kappa shape index (κ1) is 12.9. The number of hydrogen-bond acceptors (Lipinski definition) is 1. The molecule has 0 radical (unpaired) electrons. The summed E-state index contributed by atoms with van der Waals surface area (Å²) >= 11 is 2.89.